The van der Waals surface area contributed by atoms with E-state index >= 15 is 0 Å². The van der Waals surface area contributed by atoms with Crippen LogP contribution in [0.1, 0.15) is 27.2 Å². The van der Waals surface area contributed by atoms with Crippen LogP contribution in [-0.2, 0) is 15.6 Å². The summed E-state index contributed by atoms with van der Waals surface area (Å²) in [4.78, 5) is 11.5. The number of carbonyl (C=O) groups excluding carboxylic acids is 1. The van der Waals surface area contributed by atoms with E-state index in [1.807, 2.05) is 20.8 Å². The lowest BCUT2D eigenvalue weighted by Crippen LogP contribution is -2.45. The fraction of sp³-hybridized carbons (Fsp3) is 0.900. The summed E-state index contributed by atoms with van der Waals surface area (Å²) < 4.78 is 11.1. The Morgan fingerprint density at radius 1 is 1.47 bits per heavy atom. The van der Waals surface area contributed by atoms with Gasteiger partial charge in [-0.3, -0.25) is 9.00 Å². The van der Waals surface area contributed by atoms with Crippen LogP contribution in [0.5, 0.6) is 0 Å². The van der Waals surface area contributed by atoms with Gasteiger partial charge in [-0.25, -0.2) is 0 Å². The normalized spacial score (nSPS) is 16.8. The lowest BCUT2D eigenvalue weighted by molar-refractivity contribution is -0.123. The van der Waals surface area contributed by atoms with Crippen molar-refractivity contribution >= 4 is 16.7 Å². The van der Waals surface area contributed by atoms with E-state index in [1.165, 1.54) is 0 Å². The molecular weight excluding hydrogens is 212 g/mol. The highest BCUT2D eigenvalue weighted by atomic mass is 32.2. The first-order chi connectivity index (χ1) is 7.02. The Bertz CT molecular complexity index is 221. The second kappa shape index (κ2) is 7.82. The minimum atomic E-state index is -0.825. The summed E-state index contributed by atoms with van der Waals surface area (Å²) in [5.74, 6) is 1.18. The van der Waals surface area contributed by atoms with Crippen LogP contribution in [0.2, 0.25) is 0 Å². The van der Waals surface area contributed by atoms with Crippen LogP contribution in [0.4, 0.5) is 0 Å². The number of amides is 1. The Hall–Kier alpha value is -0.420. The monoisotopic (exact) mass is 234 g/mol. The van der Waals surface area contributed by atoms with Crippen LogP contribution in [0, 0.1) is 5.92 Å². The summed E-state index contributed by atoms with van der Waals surface area (Å²) in [5, 5.41) is 2.71. The average molecular weight is 234 g/mol. The molecule has 2 unspecified atom stereocenters. The maximum atomic E-state index is 11.5. The van der Waals surface area contributed by atoms with Crippen molar-refractivity contribution < 1.29 is 9.00 Å². The van der Waals surface area contributed by atoms with Crippen molar-refractivity contribution in [2.24, 2.45) is 11.7 Å². The summed E-state index contributed by atoms with van der Waals surface area (Å²) in [6, 6.07) is -0.454. The first kappa shape index (κ1) is 14.6. The van der Waals surface area contributed by atoms with E-state index in [-0.39, 0.29) is 11.8 Å². The molecule has 0 spiro atoms. The Labute approximate surface area is 94.4 Å². The van der Waals surface area contributed by atoms with Gasteiger partial charge in [-0.1, -0.05) is 27.2 Å². The Morgan fingerprint density at radius 3 is 2.53 bits per heavy atom. The van der Waals surface area contributed by atoms with Gasteiger partial charge in [-0.15, -0.1) is 0 Å². The van der Waals surface area contributed by atoms with Crippen molar-refractivity contribution in [2.45, 2.75) is 33.2 Å². The van der Waals surface area contributed by atoms with E-state index in [2.05, 4.69) is 5.32 Å². The zero-order chi connectivity index (χ0) is 11.8. The Balaban J connectivity index is 3.78. The van der Waals surface area contributed by atoms with Gasteiger partial charge in [0.25, 0.3) is 0 Å². The Morgan fingerprint density at radius 2 is 2.07 bits per heavy atom. The molecule has 3 atom stereocenters. The van der Waals surface area contributed by atoms with Crippen LogP contribution in [-0.4, -0.2) is 34.2 Å². The molecule has 0 rings (SSSR count). The standard InChI is InChI=1S/C10H22N2O2S/c1-4-8(3)9(11)10(13)12-6-7-15(14)5-2/h8-9H,4-7,11H2,1-3H3,(H,12,13)/t8?,9-,15?/m0/s1. The van der Waals surface area contributed by atoms with Gasteiger partial charge in [0, 0.05) is 28.9 Å². The number of carbonyl (C=O) groups is 1. The number of hydrogen-bond acceptors (Lipinski definition) is 3. The third kappa shape index (κ3) is 5.89. The van der Waals surface area contributed by atoms with Gasteiger partial charge in [0.05, 0.1) is 6.04 Å². The molecule has 5 heteroatoms. The average Bonchev–Trinajstić information content (AvgIpc) is 2.26. The van der Waals surface area contributed by atoms with Gasteiger partial charge in [-0.05, 0) is 5.92 Å². The molecule has 0 aromatic carbocycles. The molecule has 0 fully saturated rings. The zero-order valence-electron chi connectivity index (χ0n) is 9.79. The van der Waals surface area contributed by atoms with Gasteiger partial charge >= 0.3 is 0 Å². The molecule has 3 N–H and O–H groups in total. The molecule has 90 valence electrons. The minimum absolute atomic E-state index is 0.141. The summed E-state index contributed by atoms with van der Waals surface area (Å²) in [5.41, 5.74) is 5.73. The molecule has 0 saturated carbocycles. The van der Waals surface area contributed by atoms with Crippen molar-refractivity contribution in [1.29, 1.82) is 0 Å². The summed E-state index contributed by atoms with van der Waals surface area (Å²) in [7, 11) is -0.825. The highest BCUT2D eigenvalue weighted by Gasteiger charge is 2.18. The molecule has 0 aliphatic heterocycles. The van der Waals surface area contributed by atoms with Crippen LogP contribution < -0.4 is 11.1 Å². The molecule has 0 aliphatic carbocycles. The highest BCUT2D eigenvalue weighted by molar-refractivity contribution is 7.84. The molecule has 0 heterocycles. The van der Waals surface area contributed by atoms with Crippen LogP contribution in [0.15, 0.2) is 0 Å². The van der Waals surface area contributed by atoms with E-state index in [9.17, 15) is 9.00 Å². The highest BCUT2D eigenvalue weighted by Crippen LogP contribution is 2.04. The lowest BCUT2D eigenvalue weighted by atomic mass is 9.99. The topological polar surface area (TPSA) is 72.2 Å². The van der Waals surface area contributed by atoms with Crippen LogP contribution in [0.3, 0.4) is 0 Å². The van der Waals surface area contributed by atoms with Crippen molar-refractivity contribution in [3.8, 4) is 0 Å². The van der Waals surface area contributed by atoms with E-state index in [4.69, 9.17) is 5.73 Å². The molecule has 0 aromatic heterocycles. The van der Waals surface area contributed by atoms with Gasteiger partial charge in [0.1, 0.15) is 0 Å². The third-order valence-corrected chi connectivity index (χ3v) is 3.81. The number of nitrogens with two attached hydrogens (primary N) is 1. The molecular formula is C10H22N2O2S. The molecule has 4 nitrogen and oxygen atoms in total. The van der Waals surface area contributed by atoms with Crippen molar-refractivity contribution in [1.82, 2.24) is 5.32 Å². The van der Waals surface area contributed by atoms with E-state index in [1.54, 1.807) is 0 Å². The SMILES string of the molecule is CCC(C)[C@H](N)C(=O)NCCS(=O)CC. The first-order valence-corrected chi connectivity index (χ1v) is 6.89. The second-order valence-electron chi connectivity index (χ2n) is 3.63. The second-order valence-corrected chi connectivity index (χ2v) is 5.50. The van der Waals surface area contributed by atoms with Gasteiger partial charge in [0.2, 0.25) is 5.91 Å². The zero-order valence-corrected chi connectivity index (χ0v) is 10.6. The van der Waals surface area contributed by atoms with Gasteiger partial charge < -0.3 is 11.1 Å². The van der Waals surface area contributed by atoms with Gasteiger partial charge in [0.15, 0.2) is 0 Å². The minimum Gasteiger partial charge on any atom is -0.354 e. The van der Waals surface area contributed by atoms with E-state index in [0.29, 0.717) is 18.1 Å². The molecule has 0 bridgehead atoms. The maximum absolute atomic E-state index is 11.5. The van der Waals surface area contributed by atoms with E-state index in [0.717, 1.165) is 6.42 Å². The number of hydrogen-bond donors (Lipinski definition) is 2. The Kier molecular flexibility index (Phi) is 7.60. The van der Waals surface area contributed by atoms with Crippen LogP contribution in [0.25, 0.3) is 0 Å². The van der Waals surface area contributed by atoms with E-state index < -0.39 is 16.8 Å². The summed E-state index contributed by atoms with van der Waals surface area (Å²) in [6.45, 7) is 6.27. The molecule has 0 saturated heterocycles. The summed E-state index contributed by atoms with van der Waals surface area (Å²) in [6.07, 6.45) is 0.884. The van der Waals surface area contributed by atoms with Gasteiger partial charge in [-0.2, -0.15) is 0 Å². The predicted molar refractivity (Wildman–Crippen MR) is 64.0 cm³/mol. The molecule has 1 amide bonds. The predicted octanol–water partition coefficient (Wildman–Crippen LogP) is 0.245. The first-order valence-electron chi connectivity index (χ1n) is 5.41. The largest absolute Gasteiger partial charge is 0.354 e. The number of rotatable bonds is 7. The van der Waals surface area contributed by atoms with Crippen molar-refractivity contribution in [3.05, 3.63) is 0 Å². The molecule has 15 heavy (non-hydrogen) atoms. The maximum Gasteiger partial charge on any atom is 0.237 e. The van der Waals surface area contributed by atoms with Crippen LogP contribution >= 0.6 is 0 Å². The quantitative estimate of drug-likeness (QED) is 0.663. The van der Waals surface area contributed by atoms with Crippen molar-refractivity contribution in [3.63, 3.8) is 0 Å². The molecule has 0 aromatic rings. The van der Waals surface area contributed by atoms with Crippen molar-refractivity contribution in [2.75, 3.05) is 18.1 Å². The molecule has 0 aliphatic rings. The fourth-order valence-corrected chi connectivity index (χ4v) is 1.68. The summed E-state index contributed by atoms with van der Waals surface area (Å²) >= 11 is 0. The molecule has 0 radical (unpaired) electrons. The lowest BCUT2D eigenvalue weighted by Gasteiger charge is -2.17. The number of nitrogens with one attached hydrogen (secondary N) is 1. The smallest absolute Gasteiger partial charge is 0.237 e. The third-order valence-electron chi connectivity index (χ3n) is 2.51. The fourth-order valence-electron chi connectivity index (χ4n) is 1.06.